The van der Waals surface area contributed by atoms with E-state index < -0.39 is 0 Å². The Bertz CT molecular complexity index is 354. The zero-order valence-electron chi connectivity index (χ0n) is 10.2. The lowest BCUT2D eigenvalue weighted by atomic mass is 10.1. The molecule has 0 aromatic carbocycles. The van der Waals surface area contributed by atoms with Crippen molar-refractivity contribution < 1.29 is 2.85 Å². The van der Waals surface area contributed by atoms with Crippen LogP contribution in [0.1, 0.15) is 41.5 Å². The fourth-order valence-electron chi connectivity index (χ4n) is 2.11. The molecule has 0 amide bonds. The average Bonchev–Trinajstić information content (AvgIpc) is 2.35. The van der Waals surface area contributed by atoms with Gasteiger partial charge in [0.1, 0.15) is 11.6 Å². The molecule has 1 aliphatic heterocycles. The van der Waals surface area contributed by atoms with Crippen LogP contribution in [0.25, 0.3) is 0 Å². The Kier molecular flexibility index (Phi) is 3.65. The van der Waals surface area contributed by atoms with Crippen LogP contribution < -0.4 is 10.6 Å². The number of nitrogens with zero attached hydrogens (tertiary/aromatic N) is 1. The normalized spacial score (nSPS) is 14.4. The number of pyridine rings is 1. The predicted octanol–water partition coefficient (Wildman–Crippen LogP) is 3.53. The molecule has 0 atom stereocenters. The SMILES string of the molecule is CCC(CC)Nc1ccc2c(n1)NCCC2.[HH].[HH]. The van der Waals surface area contributed by atoms with E-state index in [2.05, 4.69) is 41.6 Å². The topological polar surface area (TPSA) is 37.0 Å². The lowest BCUT2D eigenvalue weighted by Crippen LogP contribution is -2.19. The molecule has 0 radical (unpaired) electrons. The third kappa shape index (κ3) is 2.46. The van der Waals surface area contributed by atoms with Gasteiger partial charge in [-0.05, 0) is 37.3 Å². The van der Waals surface area contributed by atoms with Gasteiger partial charge in [-0.15, -0.1) is 0 Å². The van der Waals surface area contributed by atoms with Crippen LogP contribution in [-0.2, 0) is 6.42 Å². The minimum absolute atomic E-state index is 0. The highest BCUT2D eigenvalue weighted by Crippen LogP contribution is 2.22. The van der Waals surface area contributed by atoms with E-state index in [1.165, 1.54) is 12.0 Å². The van der Waals surface area contributed by atoms with Crippen LogP contribution >= 0.6 is 0 Å². The van der Waals surface area contributed by atoms with E-state index in [0.29, 0.717) is 6.04 Å². The molecule has 1 aromatic heterocycles. The fourth-order valence-corrected chi connectivity index (χ4v) is 2.11. The first-order valence-corrected chi connectivity index (χ1v) is 6.33. The first-order valence-electron chi connectivity index (χ1n) is 6.33. The highest BCUT2D eigenvalue weighted by atomic mass is 15.1. The molecule has 0 fully saturated rings. The van der Waals surface area contributed by atoms with Crippen LogP contribution in [0.3, 0.4) is 0 Å². The zero-order valence-corrected chi connectivity index (χ0v) is 10.2. The minimum Gasteiger partial charge on any atom is -0.370 e. The van der Waals surface area contributed by atoms with Crippen LogP contribution in [0.2, 0.25) is 0 Å². The first-order chi connectivity index (χ1) is 7.83. The quantitative estimate of drug-likeness (QED) is 0.820. The number of anilines is 2. The molecule has 0 spiro atoms. The van der Waals surface area contributed by atoms with E-state index in [1.807, 2.05) is 0 Å². The van der Waals surface area contributed by atoms with Crippen molar-refractivity contribution in [2.45, 2.75) is 45.6 Å². The van der Waals surface area contributed by atoms with Crippen LogP contribution in [0.4, 0.5) is 11.6 Å². The molecule has 2 rings (SSSR count). The number of hydrogen-bond donors (Lipinski definition) is 2. The predicted molar refractivity (Wildman–Crippen MR) is 73.3 cm³/mol. The highest BCUT2D eigenvalue weighted by molar-refractivity contribution is 5.53. The van der Waals surface area contributed by atoms with Gasteiger partial charge in [-0.2, -0.15) is 0 Å². The summed E-state index contributed by atoms with van der Waals surface area (Å²) in [6.45, 7) is 5.46. The van der Waals surface area contributed by atoms with Gasteiger partial charge in [0, 0.05) is 15.4 Å². The van der Waals surface area contributed by atoms with E-state index in [9.17, 15) is 0 Å². The van der Waals surface area contributed by atoms with Crippen molar-refractivity contribution in [3.05, 3.63) is 17.7 Å². The number of rotatable bonds is 4. The monoisotopic (exact) mass is 223 g/mol. The molecular formula is C13H25N3. The van der Waals surface area contributed by atoms with Crippen LogP contribution in [0.5, 0.6) is 0 Å². The summed E-state index contributed by atoms with van der Waals surface area (Å²) in [6, 6.07) is 4.83. The van der Waals surface area contributed by atoms with Gasteiger partial charge in [-0.3, -0.25) is 0 Å². The maximum absolute atomic E-state index is 4.63. The Balaban J connectivity index is 0.00000144. The van der Waals surface area contributed by atoms with E-state index in [4.69, 9.17) is 0 Å². The molecular weight excluding hydrogens is 198 g/mol. The van der Waals surface area contributed by atoms with Crippen LogP contribution in [-0.4, -0.2) is 17.6 Å². The van der Waals surface area contributed by atoms with E-state index >= 15 is 0 Å². The summed E-state index contributed by atoms with van der Waals surface area (Å²) in [5.41, 5.74) is 1.35. The summed E-state index contributed by atoms with van der Waals surface area (Å²) >= 11 is 0. The van der Waals surface area contributed by atoms with Gasteiger partial charge in [0.05, 0.1) is 0 Å². The Morgan fingerprint density at radius 1 is 1.44 bits per heavy atom. The van der Waals surface area contributed by atoms with Crippen molar-refractivity contribution in [3.63, 3.8) is 0 Å². The molecule has 2 N–H and O–H groups in total. The lowest BCUT2D eigenvalue weighted by molar-refractivity contribution is 0.668. The van der Waals surface area contributed by atoms with Crippen molar-refractivity contribution in [3.8, 4) is 0 Å². The van der Waals surface area contributed by atoms with Crippen molar-refractivity contribution in [2.24, 2.45) is 0 Å². The Morgan fingerprint density at radius 3 is 3.00 bits per heavy atom. The summed E-state index contributed by atoms with van der Waals surface area (Å²) < 4.78 is 0. The second-order valence-electron chi connectivity index (χ2n) is 4.39. The zero-order chi connectivity index (χ0) is 11.4. The molecule has 0 unspecified atom stereocenters. The fraction of sp³-hybridized carbons (Fsp3) is 0.615. The third-order valence-electron chi connectivity index (χ3n) is 3.23. The number of fused-ring (bicyclic) bond motifs is 1. The summed E-state index contributed by atoms with van der Waals surface area (Å²) in [4.78, 5) is 4.63. The van der Waals surface area contributed by atoms with E-state index in [-0.39, 0.29) is 2.85 Å². The van der Waals surface area contributed by atoms with Gasteiger partial charge in [-0.25, -0.2) is 4.98 Å². The molecule has 0 saturated carbocycles. The van der Waals surface area contributed by atoms with Gasteiger partial charge in [-0.1, -0.05) is 19.9 Å². The maximum Gasteiger partial charge on any atom is 0.131 e. The minimum atomic E-state index is 0. The molecule has 1 aromatic rings. The molecule has 0 aliphatic carbocycles. The number of hydrogen-bond acceptors (Lipinski definition) is 3. The standard InChI is InChI=1S/C13H21N3.2H2/c1-3-11(4-2)15-12-8-7-10-6-5-9-14-13(10)16-12;;/h7-8,11H,3-6,9H2,1-2H3,(H2,14,15,16);2*1H. The molecule has 3 nitrogen and oxygen atoms in total. The molecule has 0 saturated heterocycles. The van der Waals surface area contributed by atoms with E-state index in [0.717, 1.165) is 37.4 Å². The molecule has 1 aliphatic rings. The van der Waals surface area contributed by atoms with Gasteiger partial charge in [0.25, 0.3) is 0 Å². The summed E-state index contributed by atoms with van der Waals surface area (Å²) in [5.74, 6) is 2.07. The first kappa shape index (κ1) is 11.2. The molecule has 0 bridgehead atoms. The number of aryl methyl sites for hydroxylation is 1. The summed E-state index contributed by atoms with van der Waals surface area (Å²) in [7, 11) is 0. The van der Waals surface area contributed by atoms with Crippen molar-refractivity contribution in [1.82, 2.24) is 4.98 Å². The van der Waals surface area contributed by atoms with Crippen molar-refractivity contribution in [1.29, 1.82) is 0 Å². The Hall–Kier alpha value is -1.25. The lowest BCUT2D eigenvalue weighted by Gasteiger charge is -2.20. The Labute approximate surface area is 101 Å². The van der Waals surface area contributed by atoms with Crippen molar-refractivity contribution >= 4 is 11.6 Å². The molecule has 92 valence electrons. The van der Waals surface area contributed by atoms with Crippen molar-refractivity contribution in [2.75, 3.05) is 17.2 Å². The molecule has 2 heterocycles. The number of nitrogens with one attached hydrogen (secondary N) is 2. The van der Waals surface area contributed by atoms with Crippen LogP contribution in [0.15, 0.2) is 12.1 Å². The second-order valence-corrected chi connectivity index (χ2v) is 4.39. The number of aromatic nitrogens is 1. The summed E-state index contributed by atoms with van der Waals surface area (Å²) in [5, 5.41) is 6.84. The maximum atomic E-state index is 4.63. The highest BCUT2D eigenvalue weighted by Gasteiger charge is 2.11. The molecule has 16 heavy (non-hydrogen) atoms. The summed E-state index contributed by atoms with van der Waals surface area (Å²) in [6.07, 6.45) is 4.65. The molecule has 3 heteroatoms. The van der Waals surface area contributed by atoms with Crippen LogP contribution in [0, 0.1) is 0 Å². The second kappa shape index (κ2) is 5.19. The van der Waals surface area contributed by atoms with E-state index in [1.54, 1.807) is 0 Å². The van der Waals surface area contributed by atoms with Gasteiger partial charge in [0.15, 0.2) is 0 Å². The van der Waals surface area contributed by atoms with Gasteiger partial charge >= 0.3 is 0 Å². The average molecular weight is 223 g/mol. The Morgan fingerprint density at radius 2 is 2.25 bits per heavy atom. The van der Waals surface area contributed by atoms with Gasteiger partial charge in [0.2, 0.25) is 0 Å². The third-order valence-corrected chi connectivity index (χ3v) is 3.23. The largest absolute Gasteiger partial charge is 0.370 e. The van der Waals surface area contributed by atoms with Gasteiger partial charge < -0.3 is 10.6 Å². The smallest absolute Gasteiger partial charge is 0.131 e.